The number of sulfonamides is 1. The average Bonchev–Trinajstić information content (AvgIpc) is 2.32. The lowest BCUT2D eigenvalue weighted by Crippen LogP contribution is -2.34. The molecular formula is C14H22BrFN2O2S. The summed E-state index contributed by atoms with van der Waals surface area (Å²) in [5.41, 5.74) is 5.78. The van der Waals surface area contributed by atoms with Gasteiger partial charge in [0.15, 0.2) is 5.82 Å². The second-order valence-electron chi connectivity index (χ2n) is 5.82. The number of hydrogen-bond acceptors (Lipinski definition) is 3. The van der Waals surface area contributed by atoms with Crippen LogP contribution in [0.2, 0.25) is 0 Å². The number of nitrogens with two attached hydrogens (primary N) is 1. The second kappa shape index (κ2) is 7.07. The van der Waals surface area contributed by atoms with Crippen LogP contribution < -0.4 is 10.5 Å². The van der Waals surface area contributed by atoms with E-state index in [0.717, 1.165) is 6.07 Å². The molecule has 0 spiro atoms. The van der Waals surface area contributed by atoms with Crippen LogP contribution in [-0.2, 0) is 10.0 Å². The van der Waals surface area contributed by atoms with E-state index in [1.54, 1.807) is 0 Å². The van der Waals surface area contributed by atoms with Crippen molar-refractivity contribution in [3.8, 4) is 0 Å². The zero-order valence-corrected chi connectivity index (χ0v) is 15.1. The molecule has 0 saturated heterocycles. The van der Waals surface area contributed by atoms with Gasteiger partial charge in [-0.1, -0.05) is 27.7 Å². The first-order valence-electron chi connectivity index (χ1n) is 6.80. The molecule has 0 aliphatic heterocycles. The fourth-order valence-electron chi connectivity index (χ4n) is 2.30. The van der Waals surface area contributed by atoms with E-state index >= 15 is 0 Å². The van der Waals surface area contributed by atoms with Crippen LogP contribution in [0.3, 0.4) is 0 Å². The first-order chi connectivity index (χ1) is 9.56. The lowest BCUT2D eigenvalue weighted by Gasteiger charge is -2.25. The second-order valence-corrected chi connectivity index (χ2v) is 8.41. The van der Waals surface area contributed by atoms with Gasteiger partial charge in [-0.15, -0.1) is 0 Å². The number of halogens is 2. The van der Waals surface area contributed by atoms with Crippen molar-refractivity contribution in [3.05, 3.63) is 22.4 Å². The highest BCUT2D eigenvalue weighted by molar-refractivity contribution is 9.10. The lowest BCUT2D eigenvalue weighted by atomic mass is 9.86. The quantitative estimate of drug-likeness (QED) is 0.742. The van der Waals surface area contributed by atoms with Crippen molar-refractivity contribution < 1.29 is 12.8 Å². The fraction of sp³-hybridized carbons (Fsp3) is 0.571. The molecule has 0 saturated carbocycles. The number of rotatable bonds is 6. The molecule has 0 bridgehead atoms. The predicted octanol–water partition coefficient (Wildman–Crippen LogP) is 3.38. The van der Waals surface area contributed by atoms with Gasteiger partial charge in [0, 0.05) is 12.2 Å². The Morgan fingerprint density at radius 1 is 1.24 bits per heavy atom. The summed E-state index contributed by atoms with van der Waals surface area (Å²) in [4.78, 5) is -0.430. The summed E-state index contributed by atoms with van der Waals surface area (Å²) in [6.07, 6.45) is 0. The molecule has 1 aromatic carbocycles. The molecule has 0 aromatic heterocycles. The predicted molar refractivity (Wildman–Crippen MR) is 86.9 cm³/mol. The lowest BCUT2D eigenvalue weighted by molar-refractivity contribution is 0.289. The molecule has 21 heavy (non-hydrogen) atoms. The minimum atomic E-state index is -3.93. The first kappa shape index (κ1) is 18.4. The number of benzene rings is 1. The molecule has 0 fully saturated rings. The Bertz CT molecular complexity index is 595. The van der Waals surface area contributed by atoms with Gasteiger partial charge in [0.25, 0.3) is 0 Å². The summed E-state index contributed by atoms with van der Waals surface area (Å²) in [6.45, 7) is 8.42. The van der Waals surface area contributed by atoms with Crippen LogP contribution >= 0.6 is 15.9 Å². The van der Waals surface area contributed by atoms with Gasteiger partial charge in [-0.05, 0) is 45.8 Å². The minimum absolute atomic E-state index is 0.0344. The molecule has 1 rings (SSSR count). The van der Waals surface area contributed by atoms with Crippen LogP contribution in [0.15, 0.2) is 21.5 Å². The summed E-state index contributed by atoms with van der Waals surface area (Å²) in [5.74, 6) is -0.00932. The van der Waals surface area contributed by atoms with Gasteiger partial charge in [-0.3, -0.25) is 0 Å². The van der Waals surface area contributed by atoms with Gasteiger partial charge in [0.1, 0.15) is 4.90 Å². The highest BCUT2D eigenvalue weighted by Crippen LogP contribution is 2.26. The van der Waals surface area contributed by atoms with Gasteiger partial charge >= 0.3 is 0 Å². The molecule has 1 aromatic rings. The average molecular weight is 381 g/mol. The molecule has 7 heteroatoms. The van der Waals surface area contributed by atoms with E-state index < -0.39 is 20.7 Å². The van der Waals surface area contributed by atoms with Crippen molar-refractivity contribution in [1.82, 2.24) is 4.72 Å². The Kier molecular flexibility index (Phi) is 6.19. The van der Waals surface area contributed by atoms with Crippen LogP contribution in [0.5, 0.6) is 0 Å². The van der Waals surface area contributed by atoms with Crippen molar-refractivity contribution in [2.75, 3.05) is 12.3 Å². The van der Waals surface area contributed by atoms with Crippen LogP contribution in [0.1, 0.15) is 27.7 Å². The summed E-state index contributed by atoms with van der Waals surface area (Å²) >= 11 is 2.97. The Balaban J connectivity index is 3.03. The monoisotopic (exact) mass is 380 g/mol. The standard InChI is InChI=1S/C14H22BrFN2O2S/c1-8(2)11(9(3)4)7-18-21(19,20)13-6-10(17)5-12(15)14(13)16/h5-6,8-9,11,18H,7,17H2,1-4H3. The van der Waals surface area contributed by atoms with Crippen molar-refractivity contribution in [2.45, 2.75) is 32.6 Å². The largest absolute Gasteiger partial charge is 0.399 e. The van der Waals surface area contributed by atoms with E-state index in [0.29, 0.717) is 11.8 Å². The molecule has 0 amide bonds. The van der Waals surface area contributed by atoms with Gasteiger partial charge in [0.2, 0.25) is 10.0 Å². The fourth-order valence-corrected chi connectivity index (χ4v) is 4.12. The smallest absolute Gasteiger partial charge is 0.243 e. The molecule has 0 unspecified atom stereocenters. The van der Waals surface area contributed by atoms with Gasteiger partial charge < -0.3 is 5.73 Å². The molecule has 4 nitrogen and oxygen atoms in total. The maximum atomic E-state index is 14.0. The molecule has 0 atom stereocenters. The summed E-state index contributed by atoms with van der Waals surface area (Å²) < 4.78 is 41.1. The summed E-state index contributed by atoms with van der Waals surface area (Å²) in [5, 5.41) is 0. The first-order valence-corrected chi connectivity index (χ1v) is 9.08. The Hall–Kier alpha value is -0.660. The number of hydrogen-bond donors (Lipinski definition) is 2. The molecular weight excluding hydrogens is 359 g/mol. The molecule has 0 aliphatic rings. The Labute approximate surface area is 134 Å². The highest BCUT2D eigenvalue weighted by Gasteiger charge is 2.25. The van der Waals surface area contributed by atoms with Crippen molar-refractivity contribution >= 4 is 31.6 Å². The van der Waals surface area contributed by atoms with E-state index in [4.69, 9.17) is 5.73 Å². The number of nitrogen functional groups attached to an aromatic ring is 1. The summed E-state index contributed by atoms with van der Waals surface area (Å²) in [6, 6.07) is 2.46. The van der Waals surface area contributed by atoms with Gasteiger partial charge in [-0.25, -0.2) is 17.5 Å². The van der Waals surface area contributed by atoms with Crippen LogP contribution in [0.4, 0.5) is 10.1 Å². The van der Waals surface area contributed by atoms with E-state index in [1.807, 2.05) is 27.7 Å². The van der Waals surface area contributed by atoms with E-state index in [9.17, 15) is 12.8 Å². The van der Waals surface area contributed by atoms with Crippen LogP contribution in [0.25, 0.3) is 0 Å². The SMILES string of the molecule is CC(C)C(CNS(=O)(=O)c1cc(N)cc(Br)c1F)C(C)C. The van der Waals surface area contributed by atoms with Crippen molar-refractivity contribution in [3.63, 3.8) is 0 Å². The minimum Gasteiger partial charge on any atom is -0.399 e. The van der Waals surface area contributed by atoms with Gasteiger partial charge in [-0.2, -0.15) is 0 Å². The van der Waals surface area contributed by atoms with Crippen molar-refractivity contribution in [2.24, 2.45) is 17.8 Å². The summed E-state index contributed by atoms with van der Waals surface area (Å²) in [7, 11) is -3.93. The Morgan fingerprint density at radius 3 is 2.24 bits per heavy atom. The van der Waals surface area contributed by atoms with Gasteiger partial charge in [0.05, 0.1) is 4.47 Å². The topological polar surface area (TPSA) is 72.2 Å². The molecule has 0 heterocycles. The van der Waals surface area contributed by atoms with E-state index in [-0.39, 0.29) is 22.6 Å². The normalized spacial score (nSPS) is 12.6. The molecule has 3 N–H and O–H groups in total. The third kappa shape index (κ3) is 4.66. The molecule has 0 radical (unpaired) electrons. The Morgan fingerprint density at radius 2 is 1.76 bits per heavy atom. The number of nitrogens with one attached hydrogen (secondary N) is 1. The third-order valence-electron chi connectivity index (χ3n) is 3.53. The molecule has 0 aliphatic carbocycles. The van der Waals surface area contributed by atoms with E-state index in [1.165, 1.54) is 6.07 Å². The molecule has 120 valence electrons. The van der Waals surface area contributed by atoms with E-state index in [2.05, 4.69) is 20.7 Å². The third-order valence-corrected chi connectivity index (χ3v) is 5.53. The maximum absolute atomic E-state index is 14.0. The zero-order valence-electron chi connectivity index (χ0n) is 12.7. The zero-order chi connectivity index (χ0) is 16.4. The van der Waals surface area contributed by atoms with Crippen LogP contribution in [-0.4, -0.2) is 15.0 Å². The van der Waals surface area contributed by atoms with Crippen LogP contribution in [0, 0.1) is 23.6 Å². The van der Waals surface area contributed by atoms with Crippen molar-refractivity contribution in [1.29, 1.82) is 0 Å². The maximum Gasteiger partial charge on any atom is 0.243 e. The number of anilines is 1. The highest BCUT2D eigenvalue weighted by atomic mass is 79.9.